The first kappa shape index (κ1) is 15.9. The summed E-state index contributed by atoms with van der Waals surface area (Å²) < 4.78 is 0. The van der Waals surface area contributed by atoms with Crippen molar-refractivity contribution in [1.29, 1.82) is 5.26 Å². The molecule has 0 aliphatic carbocycles. The Kier molecular flexibility index (Phi) is 4.18. The minimum atomic E-state index is 0.105. The van der Waals surface area contributed by atoms with Gasteiger partial charge in [-0.2, -0.15) is 5.26 Å². The van der Waals surface area contributed by atoms with Crippen LogP contribution in [0, 0.1) is 16.7 Å². The second kappa shape index (κ2) is 6.29. The standard InChI is InChI=1S/C20H20N4/c1-20(2,3)13-23-19-16(12-21)11-15-5-4-6-17(18(15)24-19)14-7-9-22-10-8-14/h4-11H,13H2,1-3H3,(H,23,24). The third-order valence-electron chi connectivity index (χ3n) is 3.74. The number of rotatable bonds is 3. The Balaban J connectivity index is 2.14. The highest BCUT2D eigenvalue weighted by Crippen LogP contribution is 2.30. The molecular formula is C20H20N4. The van der Waals surface area contributed by atoms with Crippen LogP contribution in [0.5, 0.6) is 0 Å². The number of fused-ring (bicyclic) bond motifs is 1. The highest BCUT2D eigenvalue weighted by molar-refractivity contribution is 5.95. The highest BCUT2D eigenvalue weighted by atomic mass is 15.0. The number of para-hydroxylation sites is 1. The smallest absolute Gasteiger partial charge is 0.144 e. The van der Waals surface area contributed by atoms with Gasteiger partial charge in [-0.05, 0) is 29.2 Å². The Morgan fingerprint density at radius 3 is 2.54 bits per heavy atom. The van der Waals surface area contributed by atoms with Gasteiger partial charge in [0, 0.05) is 29.9 Å². The molecule has 0 saturated heterocycles. The maximum atomic E-state index is 9.46. The molecule has 0 aliphatic heterocycles. The van der Waals surface area contributed by atoms with Gasteiger partial charge in [0.05, 0.1) is 11.1 Å². The fourth-order valence-corrected chi connectivity index (χ4v) is 2.53. The van der Waals surface area contributed by atoms with Crippen molar-refractivity contribution < 1.29 is 0 Å². The summed E-state index contributed by atoms with van der Waals surface area (Å²) in [4.78, 5) is 8.85. The average Bonchev–Trinajstić information content (AvgIpc) is 2.58. The maximum Gasteiger partial charge on any atom is 0.144 e. The molecule has 2 aromatic heterocycles. The molecule has 2 heterocycles. The first-order valence-corrected chi connectivity index (χ1v) is 7.96. The summed E-state index contributed by atoms with van der Waals surface area (Å²) in [5, 5.41) is 13.7. The fraction of sp³-hybridized carbons (Fsp3) is 0.250. The minimum absolute atomic E-state index is 0.105. The summed E-state index contributed by atoms with van der Waals surface area (Å²) >= 11 is 0. The molecule has 1 aromatic carbocycles. The third-order valence-corrected chi connectivity index (χ3v) is 3.74. The lowest BCUT2D eigenvalue weighted by Gasteiger charge is -2.20. The van der Waals surface area contributed by atoms with E-state index in [1.807, 2.05) is 36.4 Å². The topological polar surface area (TPSA) is 61.6 Å². The van der Waals surface area contributed by atoms with E-state index in [2.05, 4.69) is 37.1 Å². The number of nitrogens with one attached hydrogen (secondary N) is 1. The van der Waals surface area contributed by atoms with Crippen LogP contribution >= 0.6 is 0 Å². The van der Waals surface area contributed by atoms with Crippen LogP contribution in [0.2, 0.25) is 0 Å². The molecule has 0 amide bonds. The zero-order valence-corrected chi connectivity index (χ0v) is 14.2. The number of pyridine rings is 2. The van der Waals surface area contributed by atoms with Crippen LogP contribution in [0.3, 0.4) is 0 Å². The molecule has 0 bridgehead atoms. The first-order valence-electron chi connectivity index (χ1n) is 7.96. The number of aromatic nitrogens is 2. The Bertz CT molecular complexity index is 903. The predicted octanol–water partition coefficient (Wildman–Crippen LogP) is 4.63. The average molecular weight is 316 g/mol. The van der Waals surface area contributed by atoms with E-state index in [1.54, 1.807) is 12.4 Å². The van der Waals surface area contributed by atoms with Crippen LogP contribution in [0.1, 0.15) is 26.3 Å². The molecule has 0 spiro atoms. The second-order valence-corrected chi connectivity index (χ2v) is 7.02. The summed E-state index contributed by atoms with van der Waals surface area (Å²) in [6.07, 6.45) is 3.55. The Morgan fingerprint density at radius 2 is 1.88 bits per heavy atom. The zero-order chi connectivity index (χ0) is 17.2. The molecule has 1 N–H and O–H groups in total. The largest absolute Gasteiger partial charge is 0.368 e. The molecule has 0 atom stereocenters. The highest BCUT2D eigenvalue weighted by Gasteiger charge is 2.14. The second-order valence-electron chi connectivity index (χ2n) is 7.02. The molecule has 4 heteroatoms. The van der Waals surface area contributed by atoms with Gasteiger partial charge < -0.3 is 5.32 Å². The number of benzene rings is 1. The van der Waals surface area contributed by atoms with Crippen molar-refractivity contribution in [1.82, 2.24) is 9.97 Å². The van der Waals surface area contributed by atoms with Gasteiger partial charge in [-0.1, -0.05) is 39.0 Å². The normalized spacial score (nSPS) is 11.2. The van der Waals surface area contributed by atoms with Gasteiger partial charge >= 0.3 is 0 Å². The zero-order valence-electron chi connectivity index (χ0n) is 14.2. The van der Waals surface area contributed by atoms with Crippen molar-refractivity contribution in [3.8, 4) is 17.2 Å². The molecule has 0 radical (unpaired) electrons. The van der Waals surface area contributed by atoms with Gasteiger partial charge in [0.1, 0.15) is 11.9 Å². The predicted molar refractivity (Wildman–Crippen MR) is 97.6 cm³/mol. The van der Waals surface area contributed by atoms with E-state index in [-0.39, 0.29) is 5.41 Å². The van der Waals surface area contributed by atoms with E-state index in [4.69, 9.17) is 4.98 Å². The Morgan fingerprint density at radius 1 is 1.12 bits per heavy atom. The minimum Gasteiger partial charge on any atom is -0.368 e. The summed E-state index contributed by atoms with van der Waals surface area (Å²) in [5.41, 5.74) is 3.67. The molecule has 3 rings (SSSR count). The van der Waals surface area contributed by atoms with Gasteiger partial charge in [0.2, 0.25) is 0 Å². The monoisotopic (exact) mass is 316 g/mol. The van der Waals surface area contributed by atoms with Gasteiger partial charge in [0.25, 0.3) is 0 Å². The summed E-state index contributed by atoms with van der Waals surface area (Å²) in [5.74, 6) is 0.640. The van der Waals surface area contributed by atoms with Gasteiger partial charge in [-0.3, -0.25) is 4.98 Å². The van der Waals surface area contributed by atoms with E-state index in [0.717, 1.165) is 28.6 Å². The lowest BCUT2D eigenvalue weighted by molar-refractivity contribution is 0.442. The molecular weight excluding hydrogens is 296 g/mol. The number of hydrogen-bond donors (Lipinski definition) is 1. The lowest BCUT2D eigenvalue weighted by Crippen LogP contribution is -2.20. The Hall–Kier alpha value is -2.93. The number of nitriles is 1. The van der Waals surface area contributed by atoms with Crippen molar-refractivity contribution in [2.24, 2.45) is 5.41 Å². The molecule has 0 fully saturated rings. The van der Waals surface area contributed by atoms with Crippen molar-refractivity contribution in [3.05, 3.63) is 54.4 Å². The van der Waals surface area contributed by atoms with E-state index in [0.29, 0.717) is 11.4 Å². The maximum absolute atomic E-state index is 9.46. The number of hydrogen-bond acceptors (Lipinski definition) is 4. The van der Waals surface area contributed by atoms with Crippen molar-refractivity contribution in [2.45, 2.75) is 20.8 Å². The summed E-state index contributed by atoms with van der Waals surface area (Å²) in [6.45, 7) is 7.19. The van der Waals surface area contributed by atoms with E-state index >= 15 is 0 Å². The number of anilines is 1. The number of nitrogens with zero attached hydrogens (tertiary/aromatic N) is 3. The van der Waals surface area contributed by atoms with Crippen LogP contribution in [-0.4, -0.2) is 16.5 Å². The molecule has 24 heavy (non-hydrogen) atoms. The van der Waals surface area contributed by atoms with Crippen LogP contribution in [0.4, 0.5) is 5.82 Å². The fourth-order valence-electron chi connectivity index (χ4n) is 2.53. The van der Waals surface area contributed by atoms with Gasteiger partial charge in [-0.15, -0.1) is 0 Å². The van der Waals surface area contributed by atoms with Crippen molar-refractivity contribution in [3.63, 3.8) is 0 Å². The van der Waals surface area contributed by atoms with E-state index in [1.165, 1.54) is 0 Å². The summed E-state index contributed by atoms with van der Waals surface area (Å²) in [6, 6.07) is 14.1. The van der Waals surface area contributed by atoms with Crippen LogP contribution in [0.15, 0.2) is 48.8 Å². The lowest BCUT2D eigenvalue weighted by atomic mass is 9.97. The molecule has 0 aliphatic rings. The SMILES string of the molecule is CC(C)(C)CNc1nc2c(-c3ccncc3)cccc2cc1C#N. The van der Waals surface area contributed by atoms with Crippen LogP contribution < -0.4 is 5.32 Å². The van der Waals surface area contributed by atoms with Crippen LogP contribution in [-0.2, 0) is 0 Å². The van der Waals surface area contributed by atoms with Gasteiger partial charge in [-0.25, -0.2) is 4.98 Å². The van der Waals surface area contributed by atoms with E-state index in [9.17, 15) is 5.26 Å². The first-order chi connectivity index (χ1) is 11.5. The van der Waals surface area contributed by atoms with Gasteiger partial charge in [0.15, 0.2) is 0 Å². The van der Waals surface area contributed by atoms with Crippen molar-refractivity contribution >= 4 is 16.7 Å². The third kappa shape index (κ3) is 3.36. The molecule has 0 unspecified atom stereocenters. The summed E-state index contributed by atoms with van der Waals surface area (Å²) in [7, 11) is 0. The molecule has 120 valence electrons. The molecule has 4 nitrogen and oxygen atoms in total. The Labute approximate surface area is 142 Å². The van der Waals surface area contributed by atoms with Crippen molar-refractivity contribution in [2.75, 3.05) is 11.9 Å². The molecule has 3 aromatic rings. The van der Waals surface area contributed by atoms with Crippen LogP contribution in [0.25, 0.3) is 22.0 Å². The molecule has 0 saturated carbocycles. The quantitative estimate of drug-likeness (QED) is 0.765. The van der Waals surface area contributed by atoms with E-state index < -0.39 is 0 Å².